The van der Waals surface area contributed by atoms with E-state index in [1.165, 1.54) is 0 Å². The van der Waals surface area contributed by atoms with Crippen molar-refractivity contribution in [3.8, 4) is 0 Å². The molecule has 0 aliphatic rings. The minimum absolute atomic E-state index is 0.451. The molecule has 4 heteroatoms. The van der Waals surface area contributed by atoms with Gasteiger partial charge in [0.15, 0.2) is 0 Å². The summed E-state index contributed by atoms with van der Waals surface area (Å²) in [5.74, 6) is 3.41. The number of anilines is 2. The summed E-state index contributed by atoms with van der Waals surface area (Å²) in [7, 11) is 2.11. The van der Waals surface area contributed by atoms with E-state index < -0.39 is 0 Å². The fourth-order valence-electron chi connectivity index (χ4n) is 2.01. The smallest absolute Gasteiger partial charge is 0.137 e. The molecule has 0 aromatic carbocycles. The maximum Gasteiger partial charge on any atom is 0.137 e. The lowest BCUT2D eigenvalue weighted by molar-refractivity contribution is 0.501. The summed E-state index contributed by atoms with van der Waals surface area (Å²) in [5.41, 5.74) is 1.13. The topological polar surface area (TPSA) is 41.1 Å². The molecule has 1 rings (SSSR count). The fourth-order valence-corrected chi connectivity index (χ4v) is 2.01. The highest BCUT2D eigenvalue weighted by Crippen LogP contribution is 2.25. The predicted molar refractivity (Wildman–Crippen MR) is 83.0 cm³/mol. The first-order chi connectivity index (χ1) is 8.88. The molecule has 108 valence electrons. The van der Waals surface area contributed by atoms with Gasteiger partial charge in [0, 0.05) is 25.2 Å². The van der Waals surface area contributed by atoms with Gasteiger partial charge < -0.3 is 10.2 Å². The second-order valence-electron chi connectivity index (χ2n) is 5.59. The number of rotatable bonds is 6. The molecule has 4 nitrogen and oxygen atoms in total. The predicted octanol–water partition coefficient (Wildman–Crippen LogP) is 3.40. The van der Waals surface area contributed by atoms with Crippen molar-refractivity contribution in [3.05, 3.63) is 11.4 Å². The van der Waals surface area contributed by atoms with E-state index in [0.717, 1.165) is 36.0 Å². The lowest BCUT2D eigenvalue weighted by atomic mass is 10.0. The molecule has 1 aromatic heterocycles. The maximum absolute atomic E-state index is 4.62. The molecular formula is C15H28N4. The Morgan fingerprint density at radius 3 is 2.32 bits per heavy atom. The van der Waals surface area contributed by atoms with Crippen molar-refractivity contribution in [2.45, 2.75) is 54.0 Å². The van der Waals surface area contributed by atoms with Gasteiger partial charge in [-0.05, 0) is 33.1 Å². The van der Waals surface area contributed by atoms with Crippen molar-refractivity contribution >= 4 is 11.6 Å². The van der Waals surface area contributed by atoms with Crippen LogP contribution >= 0.6 is 0 Å². The van der Waals surface area contributed by atoms with Crippen molar-refractivity contribution in [1.82, 2.24) is 9.97 Å². The Bertz CT molecular complexity index is 415. The first-order valence-electron chi connectivity index (χ1n) is 7.20. The van der Waals surface area contributed by atoms with E-state index in [2.05, 4.69) is 61.9 Å². The molecule has 0 bridgehead atoms. The zero-order valence-corrected chi connectivity index (χ0v) is 13.4. The SMILES string of the molecule is CCCNc1nc(C)nc(N(C)C(C)C(C)C)c1C. The molecule has 1 heterocycles. The van der Waals surface area contributed by atoms with Gasteiger partial charge in [0.2, 0.25) is 0 Å². The van der Waals surface area contributed by atoms with Crippen LogP contribution in [0, 0.1) is 19.8 Å². The van der Waals surface area contributed by atoms with Crippen LogP contribution in [0.15, 0.2) is 0 Å². The molecule has 1 N–H and O–H groups in total. The van der Waals surface area contributed by atoms with Crippen molar-refractivity contribution in [1.29, 1.82) is 0 Å². The molecule has 1 unspecified atom stereocenters. The maximum atomic E-state index is 4.62. The Balaban J connectivity index is 3.09. The number of hydrogen-bond donors (Lipinski definition) is 1. The summed E-state index contributed by atoms with van der Waals surface area (Å²) < 4.78 is 0. The summed E-state index contributed by atoms with van der Waals surface area (Å²) in [5, 5.41) is 3.39. The van der Waals surface area contributed by atoms with Crippen molar-refractivity contribution < 1.29 is 0 Å². The Kier molecular flexibility index (Phi) is 5.58. The number of aryl methyl sites for hydroxylation is 1. The molecule has 0 fully saturated rings. The van der Waals surface area contributed by atoms with Gasteiger partial charge in [-0.1, -0.05) is 20.8 Å². The minimum Gasteiger partial charge on any atom is -0.370 e. The number of aromatic nitrogens is 2. The van der Waals surface area contributed by atoms with Crippen molar-refractivity contribution in [2.75, 3.05) is 23.8 Å². The van der Waals surface area contributed by atoms with Crippen LogP contribution in [0.2, 0.25) is 0 Å². The molecule has 0 aliphatic heterocycles. The van der Waals surface area contributed by atoms with Gasteiger partial charge in [-0.3, -0.25) is 0 Å². The summed E-state index contributed by atoms with van der Waals surface area (Å²) in [6, 6.07) is 0.451. The quantitative estimate of drug-likeness (QED) is 0.855. The highest BCUT2D eigenvalue weighted by molar-refractivity contribution is 5.58. The van der Waals surface area contributed by atoms with Crippen LogP contribution in [-0.2, 0) is 0 Å². The standard InChI is InChI=1S/C15H28N4/c1-8-9-16-14-11(4)15(18-13(6)17-14)19(7)12(5)10(2)3/h10,12H,8-9H2,1-7H3,(H,16,17,18). The first kappa shape index (κ1) is 15.7. The fraction of sp³-hybridized carbons (Fsp3) is 0.733. The van der Waals surface area contributed by atoms with E-state index in [4.69, 9.17) is 0 Å². The average Bonchev–Trinajstić information content (AvgIpc) is 2.37. The van der Waals surface area contributed by atoms with Gasteiger partial charge in [-0.2, -0.15) is 0 Å². The van der Waals surface area contributed by atoms with Crippen molar-refractivity contribution in [3.63, 3.8) is 0 Å². The van der Waals surface area contributed by atoms with Crippen LogP contribution in [0.3, 0.4) is 0 Å². The second kappa shape index (κ2) is 6.73. The third-order valence-electron chi connectivity index (χ3n) is 3.68. The second-order valence-corrected chi connectivity index (χ2v) is 5.59. The van der Waals surface area contributed by atoms with Crippen LogP contribution in [-0.4, -0.2) is 29.6 Å². The molecule has 1 atom stereocenters. The lowest BCUT2D eigenvalue weighted by Gasteiger charge is -2.30. The zero-order valence-electron chi connectivity index (χ0n) is 13.4. The van der Waals surface area contributed by atoms with E-state index >= 15 is 0 Å². The molecule has 19 heavy (non-hydrogen) atoms. The Morgan fingerprint density at radius 1 is 1.16 bits per heavy atom. The number of nitrogens with zero attached hydrogens (tertiary/aromatic N) is 3. The van der Waals surface area contributed by atoms with Crippen molar-refractivity contribution in [2.24, 2.45) is 5.92 Å². The summed E-state index contributed by atoms with van der Waals surface area (Å²) >= 11 is 0. The Labute approximate surface area is 117 Å². The van der Waals surface area contributed by atoms with Gasteiger partial charge in [-0.25, -0.2) is 9.97 Å². The highest BCUT2D eigenvalue weighted by Gasteiger charge is 2.19. The highest BCUT2D eigenvalue weighted by atomic mass is 15.2. The van der Waals surface area contributed by atoms with E-state index in [1.54, 1.807) is 0 Å². The zero-order chi connectivity index (χ0) is 14.6. The van der Waals surface area contributed by atoms with E-state index in [1.807, 2.05) is 6.92 Å². The van der Waals surface area contributed by atoms with Crippen LogP contribution in [0.1, 0.15) is 45.5 Å². The largest absolute Gasteiger partial charge is 0.370 e. The monoisotopic (exact) mass is 264 g/mol. The number of hydrogen-bond acceptors (Lipinski definition) is 4. The van der Waals surface area contributed by atoms with Crippen LogP contribution in [0.25, 0.3) is 0 Å². The van der Waals surface area contributed by atoms with Crippen LogP contribution in [0.5, 0.6) is 0 Å². The molecule has 0 saturated heterocycles. The average molecular weight is 264 g/mol. The van der Waals surface area contributed by atoms with Gasteiger partial charge in [0.1, 0.15) is 17.5 Å². The van der Waals surface area contributed by atoms with Gasteiger partial charge in [0.05, 0.1) is 0 Å². The third kappa shape index (κ3) is 3.82. The van der Waals surface area contributed by atoms with E-state index in [0.29, 0.717) is 12.0 Å². The third-order valence-corrected chi connectivity index (χ3v) is 3.68. The van der Waals surface area contributed by atoms with Gasteiger partial charge >= 0.3 is 0 Å². The Morgan fingerprint density at radius 2 is 1.79 bits per heavy atom. The van der Waals surface area contributed by atoms with Crippen LogP contribution in [0.4, 0.5) is 11.6 Å². The first-order valence-corrected chi connectivity index (χ1v) is 7.20. The molecule has 0 spiro atoms. The molecule has 1 aromatic rings. The molecule has 0 amide bonds. The molecule has 0 saturated carbocycles. The van der Waals surface area contributed by atoms with E-state index in [-0.39, 0.29) is 0 Å². The Hall–Kier alpha value is -1.32. The minimum atomic E-state index is 0.451. The lowest BCUT2D eigenvalue weighted by Crippen LogP contribution is -2.34. The number of nitrogens with one attached hydrogen (secondary N) is 1. The normalized spacial score (nSPS) is 12.6. The summed E-state index contributed by atoms with van der Waals surface area (Å²) in [4.78, 5) is 11.4. The summed E-state index contributed by atoms with van der Waals surface area (Å²) in [6.45, 7) is 13.9. The molecule has 0 aliphatic carbocycles. The van der Waals surface area contributed by atoms with Gasteiger partial charge in [-0.15, -0.1) is 0 Å². The molecular weight excluding hydrogens is 236 g/mol. The molecule has 0 radical (unpaired) electrons. The summed E-state index contributed by atoms with van der Waals surface area (Å²) in [6.07, 6.45) is 1.09. The van der Waals surface area contributed by atoms with E-state index in [9.17, 15) is 0 Å². The van der Waals surface area contributed by atoms with Gasteiger partial charge in [0.25, 0.3) is 0 Å². The van der Waals surface area contributed by atoms with Crippen LogP contribution < -0.4 is 10.2 Å².